The van der Waals surface area contributed by atoms with E-state index >= 15 is 0 Å². The smallest absolute Gasteiger partial charge is 0.0103 e. The molecule has 0 amide bonds. The molecule has 0 aliphatic rings. The molecule has 0 heterocycles. The molecule has 0 aromatic heterocycles. The van der Waals surface area contributed by atoms with Gasteiger partial charge in [-0.15, -0.1) is 0 Å². The molecular weight excluding hydrogens is 216 g/mol. The highest BCUT2D eigenvalue weighted by Crippen LogP contribution is 2.33. The summed E-state index contributed by atoms with van der Waals surface area (Å²) in [6, 6.07) is 7.07. The topological polar surface area (TPSA) is 0 Å². The zero-order valence-corrected chi connectivity index (χ0v) is 13.4. The Morgan fingerprint density at radius 1 is 1.00 bits per heavy atom. The lowest BCUT2D eigenvalue weighted by atomic mass is 9.77. The number of rotatable bonds is 4. The van der Waals surface area contributed by atoms with Crippen LogP contribution in [0.3, 0.4) is 0 Å². The van der Waals surface area contributed by atoms with Gasteiger partial charge in [-0.3, -0.25) is 0 Å². The summed E-state index contributed by atoms with van der Waals surface area (Å²) in [6.07, 6.45) is 3.87. The summed E-state index contributed by atoms with van der Waals surface area (Å²) >= 11 is 0. The molecule has 18 heavy (non-hydrogen) atoms. The third-order valence-electron chi connectivity index (χ3n) is 3.97. The minimum Gasteiger partial charge on any atom is -0.0654 e. The monoisotopic (exact) mass is 246 g/mol. The van der Waals surface area contributed by atoms with Gasteiger partial charge in [0.25, 0.3) is 0 Å². The normalized spacial score (nSPS) is 12.8. The van der Waals surface area contributed by atoms with Crippen LogP contribution in [0.25, 0.3) is 0 Å². The van der Waals surface area contributed by atoms with Crippen molar-refractivity contribution in [3.63, 3.8) is 0 Å². The van der Waals surface area contributed by atoms with Gasteiger partial charge in [0.15, 0.2) is 0 Å². The van der Waals surface area contributed by atoms with Crippen molar-refractivity contribution in [1.29, 1.82) is 0 Å². The maximum Gasteiger partial charge on any atom is -0.0103 e. The van der Waals surface area contributed by atoms with E-state index in [1.165, 1.54) is 36.0 Å². The van der Waals surface area contributed by atoms with Gasteiger partial charge in [-0.05, 0) is 40.9 Å². The van der Waals surface area contributed by atoms with Crippen molar-refractivity contribution in [2.45, 2.75) is 78.6 Å². The Kier molecular flexibility index (Phi) is 4.64. The Labute approximate surface area is 114 Å². The molecule has 0 aliphatic carbocycles. The zero-order valence-electron chi connectivity index (χ0n) is 13.4. The fraction of sp³-hybridized carbons (Fsp3) is 0.667. The second kappa shape index (κ2) is 5.47. The van der Waals surface area contributed by atoms with Crippen LogP contribution in [0.2, 0.25) is 0 Å². The van der Waals surface area contributed by atoms with Gasteiger partial charge < -0.3 is 0 Å². The Hall–Kier alpha value is -0.780. The fourth-order valence-corrected chi connectivity index (χ4v) is 2.69. The molecule has 1 rings (SSSR count). The van der Waals surface area contributed by atoms with Crippen molar-refractivity contribution < 1.29 is 0 Å². The average Bonchev–Trinajstić information content (AvgIpc) is 2.24. The molecule has 1 aromatic rings. The van der Waals surface area contributed by atoms with E-state index in [1.807, 2.05) is 0 Å². The number of benzene rings is 1. The highest BCUT2D eigenvalue weighted by Gasteiger charge is 2.22. The first-order chi connectivity index (χ1) is 8.18. The van der Waals surface area contributed by atoms with E-state index in [0.717, 1.165) is 0 Å². The molecule has 0 bridgehead atoms. The molecule has 0 saturated carbocycles. The summed E-state index contributed by atoms with van der Waals surface area (Å²) in [5.41, 5.74) is 4.94. The minimum absolute atomic E-state index is 0.246. The number of unbranched alkanes of at least 4 members (excludes halogenated alkanes) is 1. The van der Waals surface area contributed by atoms with Crippen molar-refractivity contribution in [2.24, 2.45) is 0 Å². The number of hydrogen-bond donors (Lipinski definition) is 0. The molecular formula is C18H30. The molecule has 0 heteroatoms. The number of aryl methyl sites for hydroxylation is 1. The Morgan fingerprint density at radius 3 is 2.06 bits per heavy atom. The molecule has 0 aliphatic heterocycles. The first-order valence-electron chi connectivity index (χ1n) is 7.30. The summed E-state index contributed by atoms with van der Waals surface area (Å²) < 4.78 is 0. The van der Waals surface area contributed by atoms with Crippen LogP contribution in [0.1, 0.15) is 77.5 Å². The van der Waals surface area contributed by atoms with Crippen LogP contribution in [-0.2, 0) is 10.8 Å². The quantitative estimate of drug-likeness (QED) is 0.633. The molecule has 0 radical (unpaired) electrons. The fourth-order valence-electron chi connectivity index (χ4n) is 2.69. The van der Waals surface area contributed by atoms with Gasteiger partial charge in [0.2, 0.25) is 0 Å². The van der Waals surface area contributed by atoms with Gasteiger partial charge in [-0.25, -0.2) is 0 Å². The van der Waals surface area contributed by atoms with Crippen molar-refractivity contribution >= 4 is 0 Å². The van der Waals surface area contributed by atoms with Crippen LogP contribution in [-0.4, -0.2) is 0 Å². The molecule has 102 valence electrons. The van der Waals surface area contributed by atoms with Gasteiger partial charge in [0.1, 0.15) is 0 Å². The maximum atomic E-state index is 2.40. The van der Waals surface area contributed by atoms with Gasteiger partial charge >= 0.3 is 0 Å². The number of hydrogen-bond acceptors (Lipinski definition) is 0. The summed E-state index contributed by atoms with van der Waals surface area (Å²) in [5.74, 6) is 0. The van der Waals surface area contributed by atoms with Crippen LogP contribution in [0.4, 0.5) is 0 Å². The lowest BCUT2D eigenvalue weighted by Crippen LogP contribution is -2.19. The summed E-state index contributed by atoms with van der Waals surface area (Å²) in [6.45, 7) is 16.1. The van der Waals surface area contributed by atoms with E-state index in [1.54, 1.807) is 0 Å². The molecule has 0 saturated heterocycles. The van der Waals surface area contributed by atoms with Crippen molar-refractivity contribution in [3.05, 3.63) is 34.9 Å². The minimum atomic E-state index is 0.246. The second-order valence-corrected chi connectivity index (χ2v) is 7.27. The SMILES string of the molecule is CCCCC(C)(C)c1ccc(C(C)(C)C)c(C)c1. The molecule has 0 N–H and O–H groups in total. The van der Waals surface area contributed by atoms with Crippen molar-refractivity contribution in [2.75, 3.05) is 0 Å². The van der Waals surface area contributed by atoms with Crippen LogP contribution in [0, 0.1) is 6.92 Å². The van der Waals surface area contributed by atoms with E-state index in [-0.39, 0.29) is 5.41 Å². The van der Waals surface area contributed by atoms with E-state index < -0.39 is 0 Å². The van der Waals surface area contributed by atoms with Crippen molar-refractivity contribution in [1.82, 2.24) is 0 Å². The molecule has 1 aromatic carbocycles. The first kappa shape index (κ1) is 15.3. The van der Waals surface area contributed by atoms with Gasteiger partial charge in [0, 0.05) is 0 Å². The predicted octanol–water partition coefficient (Wildman–Crippen LogP) is 5.76. The molecule has 0 nitrogen and oxygen atoms in total. The predicted molar refractivity (Wildman–Crippen MR) is 82.4 cm³/mol. The maximum absolute atomic E-state index is 2.40. The second-order valence-electron chi connectivity index (χ2n) is 7.27. The van der Waals surface area contributed by atoms with Gasteiger partial charge in [0.05, 0.1) is 0 Å². The molecule has 0 atom stereocenters. The molecule has 0 fully saturated rings. The van der Waals surface area contributed by atoms with E-state index in [2.05, 4.69) is 66.7 Å². The van der Waals surface area contributed by atoms with E-state index in [9.17, 15) is 0 Å². The lowest BCUT2D eigenvalue weighted by molar-refractivity contribution is 0.457. The Morgan fingerprint density at radius 2 is 1.61 bits per heavy atom. The van der Waals surface area contributed by atoms with Crippen LogP contribution < -0.4 is 0 Å². The standard InChI is InChI=1S/C18H30/c1-8-9-12-18(6,7)15-10-11-16(14(2)13-15)17(3,4)5/h10-11,13H,8-9,12H2,1-7H3. The van der Waals surface area contributed by atoms with Crippen molar-refractivity contribution in [3.8, 4) is 0 Å². The highest BCUT2D eigenvalue weighted by atomic mass is 14.3. The summed E-state index contributed by atoms with van der Waals surface area (Å²) in [5, 5.41) is 0. The Balaban J connectivity index is 3.04. The first-order valence-corrected chi connectivity index (χ1v) is 7.30. The lowest BCUT2D eigenvalue weighted by Gasteiger charge is -2.28. The molecule has 0 unspecified atom stereocenters. The summed E-state index contributed by atoms with van der Waals surface area (Å²) in [7, 11) is 0. The third-order valence-corrected chi connectivity index (χ3v) is 3.97. The van der Waals surface area contributed by atoms with E-state index in [0.29, 0.717) is 5.41 Å². The van der Waals surface area contributed by atoms with Crippen LogP contribution in [0.5, 0.6) is 0 Å². The molecule has 0 spiro atoms. The van der Waals surface area contributed by atoms with Crippen LogP contribution >= 0.6 is 0 Å². The summed E-state index contributed by atoms with van der Waals surface area (Å²) in [4.78, 5) is 0. The zero-order chi connectivity index (χ0) is 14.0. The Bertz CT molecular complexity index is 391. The van der Waals surface area contributed by atoms with E-state index in [4.69, 9.17) is 0 Å². The average molecular weight is 246 g/mol. The highest BCUT2D eigenvalue weighted by molar-refractivity contribution is 5.38. The van der Waals surface area contributed by atoms with Gasteiger partial charge in [-0.1, -0.05) is 72.6 Å². The third kappa shape index (κ3) is 3.60. The van der Waals surface area contributed by atoms with Gasteiger partial charge in [-0.2, -0.15) is 0 Å². The largest absolute Gasteiger partial charge is 0.0654 e. The van der Waals surface area contributed by atoms with Crippen LogP contribution in [0.15, 0.2) is 18.2 Å².